The zero-order valence-corrected chi connectivity index (χ0v) is 13.4. The van der Waals surface area contributed by atoms with Crippen molar-refractivity contribution in [3.63, 3.8) is 0 Å². The average molecular weight is 279 g/mol. The molecule has 114 valence electrons. The van der Waals surface area contributed by atoms with E-state index in [0.29, 0.717) is 19.3 Å². The van der Waals surface area contributed by atoms with E-state index in [1.54, 1.807) is 0 Å². The van der Waals surface area contributed by atoms with Gasteiger partial charge in [-0.2, -0.15) is 0 Å². The van der Waals surface area contributed by atoms with Crippen molar-refractivity contribution in [2.75, 3.05) is 26.4 Å². The average Bonchev–Trinajstić information content (AvgIpc) is 2.44. The van der Waals surface area contributed by atoms with Crippen LogP contribution in [0.5, 0.6) is 5.75 Å². The molecule has 0 aromatic heterocycles. The van der Waals surface area contributed by atoms with E-state index in [1.807, 2.05) is 0 Å². The van der Waals surface area contributed by atoms with Crippen molar-refractivity contribution in [2.45, 2.75) is 46.6 Å². The Morgan fingerprint density at radius 1 is 1.10 bits per heavy atom. The van der Waals surface area contributed by atoms with E-state index >= 15 is 0 Å². The highest BCUT2D eigenvalue weighted by Crippen LogP contribution is 2.26. The van der Waals surface area contributed by atoms with Gasteiger partial charge in [-0.25, -0.2) is 0 Å². The summed E-state index contributed by atoms with van der Waals surface area (Å²) >= 11 is 0. The van der Waals surface area contributed by atoms with Crippen molar-refractivity contribution in [3.8, 4) is 5.75 Å². The van der Waals surface area contributed by atoms with Gasteiger partial charge >= 0.3 is 0 Å². The Morgan fingerprint density at radius 2 is 1.90 bits per heavy atom. The van der Waals surface area contributed by atoms with Crippen LogP contribution in [0.3, 0.4) is 0 Å². The molecular weight excluding hydrogens is 250 g/mol. The molecule has 1 N–H and O–H groups in total. The molecule has 0 spiro atoms. The lowest BCUT2D eigenvalue weighted by Gasteiger charge is -2.19. The van der Waals surface area contributed by atoms with Gasteiger partial charge in [0.05, 0.1) is 6.61 Å². The molecule has 0 amide bonds. The second-order valence-corrected chi connectivity index (χ2v) is 5.18. The predicted octanol–water partition coefficient (Wildman–Crippen LogP) is 3.86. The number of aryl methyl sites for hydroxylation is 1. The van der Waals surface area contributed by atoms with Crippen LogP contribution < -0.4 is 10.1 Å². The Labute approximate surface area is 123 Å². The minimum absolute atomic E-state index is 0.308. The number of ether oxygens (including phenoxy) is 2. The van der Waals surface area contributed by atoms with E-state index in [0.717, 1.165) is 31.7 Å². The molecule has 0 aliphatic rings. The van der Waals surface area contributed by atoms with Crippen LogP contribution in [0, 0.1) is 6.92 Å². The van der Waals surface area contributed by atoms with Crippen LogP contribution in [0.2, 0.25) is 0 Å². The maximum Gasteiger partial charge on any atom is 0.124 e. The normalized spacial score (nSPS) is 12.4. The van der Waals surface area contributed by atoms with Crippen molar-refractivity contribution in [2.24, 2.45) is 0 Å². The third-order valence-electron chi connectivity index (χ3n) is 3.17. The number of benzene rings is 1. The molecule has 0 bridgehead atoms. The van der Waals surface area contributed by atoms with Gasteiger partial charge in [0.1, 0.15) is 12.4 Å². The largest absolute Gasteiger partial charge is 0.491 e. The van der Waals surface area contributed by atoms with E-state index < -0.39 is 0 Å². The first-order valence-corrected chi connectivity index (χ1v) is 7.73. The lowest BCUT2D eigenvalue weighted by Crippen LogP contribution is -2.20. The second-order valence-electron chi connectivity index (χ2n) is 5.18. The molecule has 20 heavy (non-hydrogen) atoms. The van der Waals surface area contributed by atoms with Gasteiger partial charge in [0.25, 0.3) is 0 Å². The van der Waals surface area contributed by atoms with Gasteiger partial charge < -0.3 is 14.8 Å². The Balaban J connectivity index is 2.60. The molecule has 3 heteroatoms. The van der Waals surface area contributed by atoms with Gasteiger partial charge in [-0.15, -0.1) is 0 Å². The molecule has 0 fully saturated rings. The molecule has 1 unspecified atom stereocenters. The molecular formula is C17H29NO2. The smallest absolute Gasteiger partial charge is 0.124 e. The minimum atomic E-state index is 0.308. The third-order valence-corrected chi connectivity index (χ3v) is 3.17. The molecule has 0 aliphatic heterocycles. The molecule has 1 rings (SSSR count). The third kappa shape index (κ3) is 5.93. The van der Waals surface area contributed by atoms with Crippen molar-refractivity contribution in [3.05, 3.63) is 29.3 Å². The number of hydrogen-bond donors (Lipinski definition) is 1. The summed E-state index contributed by atoms with van der Waals surface area (Å²) in [6.45, 7) is 11.6. The van der Waals surface area contributed by atoms with Gasteiger partial charge in [-0.05, 0) is 44.9 Å². The van der Waals surface area contributed by atoms with Gasteiger partial charge in [-0.3, -0.25) is 0 Å². The fraction of sp³-hybridized carbons (Fsp3) is 0.647. The molecule has 0 heterocycles. The van der Waals surface area contributed by atoms with Crippen LogP contribution in [-0.4, -0.2) is 26.4 Å². The molecule has 1 atom stereocenters. The van der Waals surface area contributed by atoms with Crippen molar-refractivity contribution < 1.29 is 9.47 Å². The molecule has 0 saturated carbocycles. The Bertz CT molecular complexity index is 379. The first-order chi connectivity index (χ1) is 9.69. The zero-order valence-electron chi connectivity index (χ0n) is 13.4. The maximum absolute atomic E-state index is 5.90. The minimum Gasteiger partial charge on any atom is -0.491 e. The highest BCUT2D eigenvalue weighted by molar-refractivity contribution is 5.39. The van der Waals surface area contributed by atoms with Gasteiger partial charge in [0.15, 0.2) is 0 Å². The molecule has 0 saturated heterocycles. The fourth-order valence-corrected chi connectivity index (χ4v) is 2.05. The Hall–Kier alpha value is -1.06. The van der Waals surface area contributed by atoms with Gasteiger partial charge in [0, 0.05) is 18.2 Å². The van der Waals surface area contributed by atoms with Crippen LogP contribution in [0.25, 0.3) is 0 Å². The van der Waals surface area contributed by atoms with Crippen LogP contribution >= 0.6 is 0 Å². The molecule has 3 nitrogen and oxygen atoms in total. The quantitative estimate of drug-likeness (QED) is 0.660. The van der Waals surface area contributed by atoms with Crippen LogP contribution in [0.15, 0.2) is 18.2 Å². The highest BCUT2D eigenvalue weighted by atomic mass is 16.5. The van der Waals surface area contributed by atoms with E-state index in [4.69, 9.17) is 9.47 Å². The first-order valence-electron chi connectivity index (χ1n) is 7.73. The van der Waals surface area contributed by atoms with E-state index in [1.165, 1.54) is 11.1 Å². The zero-order chi connectivity index (χ0) is 14.8. The summed E-state index contributed by atoms with van der Waals surface area (Å²) in [6, 6.07) is 6.71. The van der Waals surface area contributed by atoms with Crippen molar-refractivity contribution >= 4 is 0 Å². The summed E-state index contributed by atoms with van der Waals surface area (Å²) in [5.74, 6) is 0.973. The summed E-state index contributed by atoms with van der Waals surface area (Å²) in [6.07, 6.45) is 2.19. The number of rotatable bonds is 10. The topological polar surface area (TPSA) is 30.5 Å². The summed E-state index contributed by atoms with van der Waals surface area (Å²) in [7, 11) is 0. The molecule has 0 aliphatic carbocycles. The van der Waals surface area contributed by atoms with Crippen LogP contribution in [0.4, 0.5) is 0 Å². The van der Waals surface area contributed by atoms with E-state index in [9.17, 15) is 0 Å². The van der Waals surface area contributed by atoms with Crippen molar-refractivity contribution in [1.82, 2.24) is 5.32 Å². The standard InChI is InChI=1S/C17H29NO2/c1-5-9-18-15(4)16-8-7-14(3)13-17(16)20-12-11-19-10-6-2/h7-8,13,15,18H,5-6,9-12H2,1-4H3. The number of hydrogen-bond acceptors (Lipinski definition) is 3. The maximum atomic E-state index is 5.90. The Kier molecular flexibility index (Phi) is 8.31. The fourth-order valence-electron chi connectivity index (χ4n) is 2.05. The first kappa shape index (κ1) is 17.0. The highest BCUT2D eigenvalue weighted by Gasteiger charge is 2.11. The van der Waals surface area contributed by atoms with Crippen molar-refractivity contribution in [1.29, 1.82) is 0 Å². The number of nitrogens with one attached hydrogen (secondary N) is 1. The predicted molar refractivity (Wildman–Crippen MR) is 84.5 cm³/mol. The monoisotopic (exact) mass is 279 g/mol. The molecule has 1 aromatic carbocycles. The molecule has 0 radical (unpaired) electrons. The lowest BCUT2D eigenvalue weighted by atomic mass is 10.0. The summed E-state index contributed by atoms with van der Waals surface area (Å²) in [4.78, 5) is 0. The van der Waals surface area contributed by atoms with Gasteiger partial charge in [0.2, 0.25) is 0 Å². The van der Waals surface area contributed by atoms with Crippen LogP contribution in [-0.2, 0) is 4.74 Å². The van der Waals surface area contributed by atoms with Gasteiger partial charge in [-0.1, -0.05) is 26.0 Å². The SMILES string of the molecule is CCCNC(C)c1ccc(C)cc1OCCOCCC. The second kappa shape index (κ2) is 9.78. The van der Waals surface area contributed by atoms with E-state index in [2.05, 4.69) is 51.2 Å². The summed E-state index contributed by atoms with van der Waals surface area (Å²) < 4.78 is 11.4. The summed E-state index contributed by atoms with van der Waals surface area (Å²) in [5, 5.41) is 3.51. The summed E-state index contributed by atoms with van der Waals surface area (Å²) in [5.41, 5.74) is 2.44. The lowest BCUT2D eigenvalue weighted by molar-refractivity contribution is 0.100. The van der Waals surface area contributed by atoms with E-state index in [-0.39, 0.29) is 0 Å². The molecule has 1 aromatic rings. The van der Waals surface area contributed by atoms with Crippen LogP contribution in [0.1, 0.15) is 50.8 Å². The Morgan fingerprint density at radius 3 is 2.60 bits per heavy atom.